The smallest absolute Gasteiger partial charge is 0.251 e. The molecular formula is C13H16BrFN2O. The highest BCUT2D eigenvalue weighted by molar-refractivity contribution is 9.10. The van der Waals surface area contributed by atoms with Crippen molar-refractivity contribution in [2.75, 3.05) is 0 Å². The lowest BCUT2D eigenvalue weighted by Crippen LogP contribution is -2.40. The maximum Gasteiger partial charge on any atom is 0.251 e. The van der Waals surface area contributed by atoms with Gasteiger partial charge < -0.3 is 11.1 Å². The number of amides is 1. The average molecular weight is 315 g/mol. The van der Waals surface area contributed by atoms with Crippen LogP contribution >= 0.6 is 15.9 Å². The molecule has 1 saturated carbocycles. The van der Waals surface area contributed by atoms with E-state index in [1.165, 1.54) is 6.07 Å². The Labute approximate surface area is 114 Å². The minimum Gasteiger partial charge on any atom is -0.349 e. The lowest BCUT2D eigenvalue weighted by molar-refractivity contribution is 0.0925. The first-order valence-corrected chi connectivity index (χ1v) is 6.87. The van der Waals surface area contributed by atoms with Crippen molar-refractivity contribution < 1.29 is 9.18 Å². The van der Waals surface area contributed by atoms with Crippen LogP contribution in [-0.2, 0) is 0 Å². The van der Waals surface area contributed by atoms with Crippen LogP contribution in [0.2, 0.25) is 0 Å². The van der Waals surface area contributed by atoms with Crippen LogP contribution in [0.1, 0.15) is 36.0 Å². The van der Waals surface area contributed by atoms with Crippen molar-refractivity contribution in [3.63, 3.8) is 0 Å². The second-order valence-electron chi connectivity index (χ2n) is 4.71. The average Bonchev–Trinajstić information content (AvgIpc) is 2.35. The fourth-order valence-corrected chi connectivity index (χ4v) is 2.42. The topological polar surface area (TPSA) is 55.1 Å². The number of carbonyl (C=O) groups excluding carboxylic acids is 1. The molecule has 18 heavy (non-hydrogen) atoms. The molecule has 1 aliphatic rings. The molecule has 3 nitrogen and oxygen atoms in total. The number of carbonyl (C=O) groups is 1. The van der Waals surface area contributed by atoms with Gasteiger partial charge in [0, 0.05) is 17.6 Å². The third kappa shape index (κ3) is 3.29. The maximum atomic E-state index is 13.3. The fourth-order valence-electron chi connectivity index (χ4n) is 2.17. The molecule has 0 unspecified atom stereocenters. The van der Waals surface area contributed by atoms with Crippen molar-refractivity contribution in [2.45, 2.75) is 37.8 Å². The Kier molecular flexibility index (Phi) is 4.35. The third-order valence-electron chi connectivity index (χ3n) is 3.29. The van der Waals surface area contributed by atoms with Gasteiger partial charge in [-0.05, 0) is 59.8 Å². The molecule has 1 aliphatic carbocycles. The van der Waals surface area contributed by atoms with Crippen molar-refractivity contribution >= 4 is 21.8 Å². The molecule has 2 rings (SSSR count). The van der Waals surface area contributed by atoms with Crippen LogP contribution in [0.3, 0.4) is 0 Å². The minimum absolute atomic E-state index is 0.156. The molecule has 0 heterocycles. The number of nitrogens with two attached hydrogens (primary N) is 1. The van der Waals surface area contributed by atoms with Gasteiger partial charge >= 0.3 is 0 Å². The molecular weight excluding hydrogens is 299 g/mol. The van der Waals surface area contributed by atoms with E-state index in [1.54, 1.807) is 12.1 Å². The van der Waals surface area contributed by atoms with E-state index in [9.17, 15) is 9.18 Å². The van der Waals surface area contributed by atoms with Gasteiger partial charge in [0.05, 0.1) is 4.47 Å². The largest absolute Gasteiger partial charge is 0.349 e. The van der Waals surface area contributed by atoms with Gasteiger partial charge in [0.1, 0.15) is 5.82 Å². The zero-order valence-corrected chi connectivity index (χ0v) is 11.5. The lowest BCUT2D eigenvalue weighted by Gasteiger charge is -2.26. The quantitative estimate of drug-likeness (QED) is 0.881. The van der Waals surface area contributed by atoms with Gasteiger partial charge in [-0.1, -0.05) is 0 Å². The molecule has 0 radical (unpaired) electrons. The van der Waals surface area contributed by atoms with E-state index in [0.29, 0.717) is 10.0 Å². The van der Waals surface area contributed by atoms with E-state index < -0.39 is 5.82 Å². The van der Waals surface area contributed by atoms with Gasteiger partial charge in [-0.15, -0.1) is 0 Å². The summed E-state index contributed by atoms with van der Waals surface area (Å²) in [6.07, 6.45) is 3.65. The summed E-state index contributed by atoms with van der Waals surface area (Å²) in [5.41, 5.74) is 6.16. The number of halogens is 2. The molecule has 3 N–H and O–H groups in total. The highest BCUT2D eigenvalue weighted by Crippen LogP contribution is 2.19. The van der Waals surface area contributed by atoms with Gasteiger partial charge in [-0.3, -0.25) is 4.79 Å². The molecule has 0 bridgehead atoms. The summed E-state index contributed by atoms with van der Waals surface area (Å²) in [4.78, 5) is 11.9. The van der Waals surface area contributed by atoms with Crippen LogP contribution in [0.25, 0.3) is 0 Å². The fraction of sp³-hybridized carbons (Fsp3) is 0.462. The monoisotopic (exact) mass is 314 g/mol. The molecule has 1 aromatic rings. The highest BCUT2D eigenvalue weighted by Gasteiger charge is 2.20. The Morgan fingerprint density at radius 3 is 2.61 bits per heavy atom. The number of hydrogen-bond donors (Lipinski definition) is 2. The Hall–Kier alpha value is -0.940. The molecule has 1 amide bonds. The Morgan fingerprint density at radius 2 is 2.00 bits per heavy atom. The van der Waals surface area contributed by atoms with Crippen LogP contribution in [-0.4, -0.2) is 18.0 Å². The lowest BCUT2D eigenvalue weighted by atomic mass is 9.91. The first kappa shape index (κ1) is 13.5. The van der Waals surface area contributed by atoms with Crippen LogP contribution in [0.4, 0.5) is 4.39 Å². The number of rotatable bonds is 2. The van der Waals surface area contributed by atoms with E-state index in [1.807, 2.05) is 0 Å². The van der Waals surface area contributed by atoms with Crippen LogP contribution < -0.4 is 11.1 Å². The molecule has 0 atom stereocenters. The second-order valence-corrected chi connectivity index (χ2v) is 5.57. The van der Waals surface area contributed by atoms with E-state index in [-0.39, 0.29) is 18.0 Å². The molecule has 0 aromatic heterocycles. The molecule has 0 saturated heterocycles. The predicted molar refractivity (Wildman–Crippen MR) is 71.8 cm³/mol. The van der Waals surface area contributed by atoms with Crippen LogP contribution in [0, 0.1) is 5.82 Å². The van der Waals surface area contributed by atoms with Crippen molar-refractivity contribution in [2.24, 2.45) is 5.73 Å². The number of nitrogens with one attached hydrogen (secondary N) is 1. The van der Waals surface area contributed by atoms with Crippen molar-refractivity contribution in [1.82, 2.24) is 5.32 Å². The molecule has 98 valence electrons. The molecule has 1 fully saturated rings. The normalized spacial score (nSPS) is 23.7. The number of hydrogen-bond acceptors (Lipinski definition) is 2. The molecule has 0 spiro atoms. The first-order valence-electron chi connectivity index (χ1n) is 6.08. The van der Waals surface area contributed by atoms with Crippen molar-refractivity contribution in [3.8, 4) is 0 Å². The van der Waals surface area contributed by atoms with Crippen molar-refractivity contribution in [3.05, 3.63) is 34.1 Å². The SMILES string of the molecule is NC1CCC(NC(=O)c2ccc(Br)c(F)c2)CC1. The van der Waals surface area contributed by atoms with Gasteiger partial charge in [0.25, 0.3) is 5.91 Å². The first-order chi connectivity index (χ1) is 8.56. The Morgan fingerprint density at radius 1 is 1.33 bits per heavy atom. The summed E-state index contributed by atoms with van der Waals surface area (Å²) in [7, 11) is 0. The maximum absolute atomic E-state index is 13.3. The number of benzene rings is 1. The molecule has 5 heteroatoms. The minimum atomic E-state index is -0.423. The van der Waals surface area contributed by atoms with Crippen LogP contribution in [0.5, 0.6) is 0 Å². The van der Waals surface area contributed by atoms with Gasteiger partial charge in [0.15, 0.2) is 0 Å². The zero-order valence-electron chi connectivity index (χ0n) is 9.96. The summed E-state index contributed by atoms with van der Waals surface area (Å²) in [5, 5.41) is 2.93. The summed E-state index contributed by atoms with van der Waals surface area (Å²) in [6, 6.07) is 4.80. The van der Waals surface area contributed by atoms with Crippen LogP contribution in [0.15, 0.2) is 22.7 Å². The molecule has 0 aliphatic heterocycles. The van der Waals surface area contributed by atoms with E-state index >= 15 is 0 Å². The van der Waals surface area contributed by atoms with E-state index in [0.717, 1.165) is 25.7 Å². The summed E-state index contributed by atoms with van der Waals surface area (Å²) < 4.78 is 13.7. The van der Waals surface area contributed by atoms with E-state index in [2.05, 4.69) is 21.2 Å². The highest BCUT2D eigenvalue weighted by atomic mass is 79.9. The summed E-state index contributed by atoms with van der Waals surface area (Å²) in [6.45, 7) is 0. The van der Waals surface area contributed by atoms with Gasteiger partial charge in [-0.2, -0.15) is 0 Å². The van der Waals surface area contributed by atoms with Gasteiger partial charge in [-0.25, -0.2) is 4.39 Å². The molecule has 1 aromatic carbocycles. The second kappa shape index (κ2) is 5.80. The zero-order chi connectivity index (χ0) is 13.1. The Bertz CT molecular complexity index is 445. The predicted octanol–water partition coefficient (Wildman–Crippen LogP) is 2.59. The van der Waals surface area contributed by atoms with Crippen molar-refractivity contribution in [1.29, 1.82) is 0 Å². The summed E-state index contributed by atoms with van der Waals surface area (Å²) >= 11 is 3.06. The standard InChI is InChI=1S/C13H16BrFN2O/c14-11-6-1-8(7-12(11)15)13(18)17-10-4-2-9(16)3-5-10/h1,6-7,9-10H,2-5,16H2,(H,17,18). The Balaban J connectivity index is 1.97. The van der Waals surface area contributed by atoms with E-state index in [4.69, 9.17) is 5.73 Å². The third-order valence-corrected chi connectivity index (χ3v) is 3.93. The summed E-state index contributed by atoms with van der Waals surface area (Å²) in [5.74, 6) is -0.643. The van der Waals surface area contributed by atoms with Gasteiger partial charge in [0.2, 0.25) is 0 Å².